The Hall–Kier alpha value is -1.56. The Labute approximate surface area is 121 Å². The lowest BCUT2D eigenvalue weighted by atomic mass is 10.2. The van der Waals surface area contributed by atoms with Crippen molar-refractivity contribution in [2.75, 3.05) is 20.1 Å². The predicted molar refractivity (Wildman–Crippen MR) is 72.9 cm³/mol. The number of alkyl halides is 3. The summed E-state index contributed by atoms with van der Waals surface area (Å²) in [5.41, 5.74) is 5.44. The highest BCUT2D eigenvalue weighted by Crippen LogP contribution is 2.23. The van der Waals surface area contributed by atoms with Crippen LogP contribution in [0.2, 0.25) is 0 Å². The van der Waals surface area contributed by atoms with Crippen molar-refractivity contribution in [2.24, 2.45) is 5.73 Å². The number of benzene rings is 1. The summed E-state index contributed by atoms with van der Waals surface area (Å²) in [6, 6.07) is 5.86. The van der Waals surface area contributed by atoms with E-state index in [2.05, 4.69) is 11.8 Å². The Bertz CT molecular complexity index is 645. The number of hydrogen-bond acceptors (Lipinski definition) is 3. The first-order valence-corrected chi connectivity index (χ1v) is 7.43. The van der Waals surface area contributed by atoms with Crippen molar-refractivity contribution in [3.05, 3.63) is 29.8 Å². The molecule has 1 aromatic rings. The molecule has 21 heavy (non-hydrogen) atoms. The van der Waals surface area contributed by atoms with Crippen molar-refractivity contribution in [1.82, 2.24) is 4.31 Å². The Kier molecular flexibility index (Phi) is 5.78. The summed E-state index contributed by atoms with van der Waals surface area (Å²) in [5, 5.41) is 0. The number of hydrogen-bond donors (Lipinski definition) is 1. The van der Waals surface area contributed by atoms with Crippen molar-refractivity contribution in [2.45, 2.75) is 17.5 Å². The molecule has 0 saturated carbocycles. The van der Waals surface area contributed by atoms with Gasteiger partial charge in [0.25, 0.3) is 0 Å². The molecule has 0 amide bonds. The van der Waals surface area contributed by atoms with E-state index in [4.69, 9.17) is 5.73 Å². The SMILES string of the molecule is CN(CCC(F)(F)F)S(=O)(=O)c1ccccc1C#CCN. The molecular weight excluding hydrogens is 305 g/mol. The van der Waals surface area contributed by atoms with E-state index < -0.39 is 29.2 Å². The van der Waals surface area contributed by atoms with E-state index in [1.54, 1.807) is 6.07 Å². The van der Waals surface area contributed by atoms with Crippen LogP contribution in [-0.2, 0) is 10.0 Å². The molecule has 0 bridgehead atoms. The molecule has 0 atom stereocenters. The third-order valence-corrected chi connectivity index (χ3v) is 4.53. The zero-order valence-corrected chi connectivity index (χ0v) is 12.1. The molecule has 0 unspecified atom stereocenters. The number of halogens is 3. The molecule has 0 heterocycles. The van der Waals surface area contributed by atoms with Crippen LogP contribution in [0, 0.1) is 11.8 Å². The van der Waals surface area contributed by atoms with Crippen molar-refractivity contribution < 1.29 is 21.6 Å². The van der Waals surface area contributed by atoms with Crippen LogP contribution in [0.3, 0.4) is 0 Å². The van der Waals surface area contributed by atoms with E-state index in [0.717, 1.165) is 7.05 Å². The van der Waals surface area contributed by atoms with Crippen LogP contribution in [-0.4, -0.2) is 39.0 Å². The van der Waals surface area contributed by atoms with E-state index in [9.17, 15) is 21.6 Å². The lowest BCUT2D eigenvalue weighted by molar-refractivity contribution is -0.135. The minimum Gasteiger partial charge on any atom is -0.320 e. The minimum atomic E-state index is -4.41. The van der Waals surface area contributed by atoms with E-state index in [1.807, 2.05) is 0 Å². The van der Waals surface area contributed by atoms with Crippen LogP contribution in [0.5, 0.6) is 0 Å². The van der Waals surface area contributed by atoms with E-state index in [-0.39, 0.29) is 17.0 Å². The average molecular weight is 320 g/mol. The fraction of sp³-hybridized carbons (Fsp3) is 0.385. The standard InChI is InChI=1S/C13H15F3N2O2S/c1-18(10-8-13(14,15)16)21(19,20)12-7-3-2-5-11(12)6-4-9-17/h2-3,5,7H,8-10,17H2,1H3. The minimum absolute atomic E-state index is 0.0539. The van der Waals surface area contributed by atoms with Gasteiger partial charge in [-0.25, -0.2) is 12.7 Å². The second-order valence-corrected chi connectivity index (χ2v) is 6.21. The lowest BCUT2D eigenvalue weighted by Crippen LogP contribution is -2.31. The molecule has 8 heteroatoms. The second kappa shape index (κ2) is 6.93. The van der Waals surface area contributed by atoms with Gasteiger partial charge in [-0.3, -0.25) is 0 Å². The molecule has 0 saturated heterocycles. The molecule has 4 nitrogen and oxygen atoms in total. The second-order valence-electron chi connectivity index (χ2n) is 4.19. The van der Waals surface area contributed by atoms with Crippen LogP contribution in [0.1, 0.15) is 12.0 Å². The monoisotopic (exact) mass is 320 g/mol. The maximum absolute atomic E-state index is 12.3. The Balaban J connectivity index is 3.08. The van der Waals surface area contributed by atoms with Crippen LogP contribution in [0.4, 0.5) is 13.2 Å². The van der Waals surface area contributed by atoms with Gasteiger partial charge in [-0.05, 0) is 12.1 Å². The molecule has 0 aliphatic carbocycles. The summed E-state index contributed by atoms with van der Waals surface area (Å²) in [6.45, 7) is -0.594. The number of nitrogens with two attached hydrogens (primary N) is 1. The highest BCUT2D eigenvalue weighted by Gasteiger charge is 2.31. The summed E-state index contributed by atoms with van der Waals surface area (Å²) in [7, 11) is -2.93. The largest absolute Gasteiger partial charge is 0.390 e. The highest BCUT2D eigenvalue weighted by atomic mass is 32.2. The molecule has 0 aliphatic rings. The molecule has 1 rings (SSSR count). The summed E-state index contributed by atoms with van der Waals surface area (Å²) >= 11 is 0. The maximum atomic E-state index is 12.3. The molecular formula is C13H15F3N2O2S. The van der Waals surface area contributed by atoms with Gasteiger partial charge in [0, 0.05) is 19.2 Å². The van der Waals surface area contributed by atoms with Gasteiger partial charge in [-0.15, -0.1) is 0 Å². The third-order valence-electron chi connectivity index (χ3n) is 2.61. The first-order chi connectivity index (χ1) is 9.68. The normalized spacial score (nSPS) is 12.1. The Morgan fingerprint density at radius 2 is 1.90 bits per heavy atom. The van der Waals surface area contributed by atoms with Gasteiger partial charge in [-0.2, -0.15) is 13.2 Å². The van der Waals surface area contributed by atoms with Gasteiger partial charge in [-0.1, -0.05) is 24.0 Å². The van der Waals surface area contributed by atoms with Crippen molar-refractivity contribution in [1.29, 1.82) is 0 Å². The van der Waals surface area contributed by atoms with Gasteiger partial charge in [0.15, 0.2) is 0 Å². The van der Waals surface area contributed by atoms with E-state index >= 15 is 0 Å². The topological polar surface area (TPSA) is 63.4 Å². The molecule has 0 aromatic heterocycles. The van der Waals surface area contributed by atoms with Crippen molar-refractivity contribution >= 4 is 10.0 Å². The quantitative estimate of drug-likeness (QED) is 0.857. The number of nitrogens with zero attached hydrogens (tertiary/aromatic N) is 1. The highest BCUT2D eigenvalue weighted by molar-refractivity contribution is 7.89. The first-order valence-electron chi connectivity index (χ1n) is 5.99. The van der Waals surface area contributed by atoms with Crippen molar-refractivity contribution in [3.63, 3.8) is 0 Å². The molecule has 0 radical (unpaired) electrons. The summed E-state index contributed by atoms with van der Waals surface area (Å²) in [5.74, 6) is 5.13. The summed E-state index contributed by atoms with van der Waals surface area (Å²) < 4.78 is 61.8. The van der Waals surface area contributed by atoms with Crippen LogP contribution >= 0.6 is 0 Å². The van der Waals surface area contributed by atoms with Gasteiger partial charge in [0.1, 0.15) is 0 Å². The zero-order valence-electron chi connectivity index (χ0n) is 11.3. The molecule has 0 fully saturated rings. The van der Waals surface area contributed by atoms with Gasteiger partial charge in [0.05, 0.1) is 17.9 Å². The number of rotatable bonds is 4. The van der Waals surface area contributed by atoms with Crippen molar-refractivity contribution in [3.8, 4) is 11.8 Å². The fourth-order valence-electron chi connectivity index (χ4n) is 1.51. The summed E-state index contributed by atoms with van der Waals surface area (Å²) in [4.78, 5) is -0.129. The van der Waals surface area contributed by atoms with Crippen LogP contribution in [0.25, 0.3) is 0 Å². The third kappa shape index (κ3) is 5.04. The van der Waals surface area contributed by atoms with Gasteiger partial charge >= 0.3 is 6.18 Å². The lowest BCUT2D eigenvalue weighted by Gasteiger charge is -2.18. The fourth-order valence-corrected chi connectivity index (χ4v) is 2.83. The smallest absolute Gasteiger partial charge is 0.320 e. The van der Waals surface area contributed by atoms with Gasteiger partial charge < -0.3 is 5.73 Å². The van der Waals surface area contributed by atoms with Crippen LogP contribution < -0.4 is 5.73 Å². The average Bonchev–Trinajstić information content (AvgIpc) is 2.41. The van der Waals surface area contributed by atoms with E-state index in [1.165, 1.54) is 18.2 Å². The number of sulfonamides is 1. The van der Waals surface area contributed by atoms with E-state index in [0.29, 0.717) is 4.31 Å². The molecule has 0 spiro atoms. The van der Waals surface area contributed by atoms with Gasteiger partial charge in [0.2, 0.25) is 10.0 Å². The molecule has 0 aliphatic heterocycles. The Morgan fingerprint density at radius 3 is 2.48 bits per heavy atom. The molecule has 116 valence electrons. The zero-order chi connectivity index (χ0) is 16.1. The molecule has 1 aromatic carbocycles. The summed E-state index contributed by atoms with van der Waals surface area (Å²) in [6.07, 6.45) is -5.62. The molecule has 2 N–H and O–H groups in total. The van der Waals surface area contributed by atoms with Crippen LogP contribution in [0.15, 0.2) is 29.2 Å². The Morgan fingerprint density at radius 1 is 1.29 bits per heavy atom. The maximum Gasteiger partial charge on any atom is 0.390 e. The predicted octanol–water partition coefficient (Wildman–Crippen LogP) is 1.57. The first kappa shape index (κ1) is 17.5.